The molecule has 0 saturated heterocycles. The van der Waals surface area contributed by atoms with E-state index in [1.165, 1.54) is 18.2 Å². The molecule has 8 heteroatoms. The van der Waals surface area contributed by atoms with Crippen molar-refractivity contribution in [2.45, 2.75) is 49.5 Å². The molecule has 1 saturated carbocycles. The van der Waals surface area contributed by atoms with E-state index in [2.05, 4.69) is 5.10 Å². The lowest BCUT2D eigenvalue weighted by Gasteiger charge is -2.24. The number of rotatable bonds is 4. The van der Waals surface area contributed by atoms with E-state index in [1.807, 2.05) is 0 Å². The largest absolute Gasteiger partial charge is 0.282 e. The summed E-state index contributed by atoms with van der Waals surface area (Å²) in [5.41, 5.74) is 0.379. The number of alkyl halides is 2. The second kappa shape index (κ2) is 6.82. The number of hydrogen-bond acceptors (Lipinski definition) is 3. The third kappa shape index (κ3) is 3.73. The second-order valence-electron chi connectivity index (χ2n) is 6.41. The molecule has 25 heavy (non-hydrogen) atoms. The van der Waals surface area contributed by atoms with E-state index >= 15 is 0 Å². The van der Waals surface area contributed by atoms with E-state index in [4.69, 9.17) is 0 Å². The van der Waals surface area contributed by atoms with Crippen molar-refractivity contribution in [2.75, 3.05) is 6.26 Å². The molecule has 1 aliphatic carbocycles. The highest BCUT2D eigenvalue weighted by Crippen LogP contribution is 2.35. The Kier molecular flexibility index (Phi) is 4.90. The van der Waals surface area contributed by atoms with Crippen LogP contribution >= 0.6 is 0 Å². The summed E-state index contributed by atoms with van der Waals surface area (Å²) < 4.78 is 65.1. The molecule has 136 valence electrons. The Morgan fingerprint density at radius 3 is 2.40 bits per heavy atom. The number of halogens is 3. The van der Waals surface area contributed by atoms with Crippen molar-refractivity contribution in [3.63, 3.8) is 0 Å². The third-order valence-corrected chi connectivity index (χ3v) is 5.66. The molecule has 1 aromatic carbocycles. The van der Waals surface area contributed by atoms with Gasteiger partial charge in [-0.1, -0.05) is 25.3 Å². The van der Waals surface area contributed by atoms with E-state index in [9.17, 15) is 21.6 Å². The highest BCUT2D eigenvalue weighted by atomic mass is 32.2. The quantitative estimate of drug-likeness (QED) is 0.792. The second-order valence-corrected chi connectivity index (χ2v) is 8.39. The summed E-state index contributed by atoms with van der Waals surface area (Å²) >= 11 is 0. The maximum Gasteiger partial charge on any atom is 0.282 e. The molecule has 1 fully saturated rings. The van der Waals surface area contributed by atoms with Crippen LogP contribution in [-0.2, 0) is 9.84 Å². The minimum absolute atomic E-state index is 0.00565. The number of benzene rings is 1. The van der Waals surface area contributed by atoms with Gasteiger partial charge in [0.2, 0.25) is 0 Å². The Bertz CT molecular complexity index is 872. The molecule has 0 aliphatic heterocycles. The van der Waals surface area contributed by atoms with E-state index in [0.29, 0.717) is 11.3 Å². The van der Waals surface area contributed by atoms with Gasteiger partial charge in [0.1, 0.15) is 16.4 Å². The van der Waals surface area contributed by atoms with Crippen molar-refractivity contribution in [3.8, 4) is 11.3 Å². The van der Waals surface area contributed by atoms with Crippen LogP contribution < -0.4 is 0 Å². The monoisotopic (exact) mass is 372 g/mol. The number of sulfone groups is 1. The van der Waals surface area contributed by atoms with E-state index in [0.717, 1.165) is 44.4 Å². The molecule has 4 nitrogen and oxygen atoms in total. The smallest absolute Gasteiger partial charge is 0.261 e. The topological polar surface area (TPSA) is 52.0 Å². The first-order valence-corrected chi connectivity index (χ1v) is 10.0. The van der Waals surface area contributed by atoms with E-state index < -0.39 is 27.0 Å². The average molecular weight is 372 g/mol. The fourth-order valence-corrected chi connectivity index (χ4v) is 4.03. The van der Waals surface area contributed by atoms with Crippen molar-refractivity contribution in [1.82, 2.24) is 9.78 Å². The van der Waals surface area contributed by atoms with Crippen LogP contribution in [0, 0.1) is 5.82 Å². The minimum atomic E-state index is -3.69. The van der Waals surface area contributed by atoms with Crippen molar-refractivity contribution in [3.05, 3.63) is 35.8 Å². The molecule has 0 amide bonds. The molecular formula is C17H19F3N2O2S. The highest BCUT2D eigenvalue weighted by Gasteiger charge is 2.24. The van der Waals surface area contributed by atoms with Crippen molar-refractivity contribution >= 4 is 9.84 Å². The van der Waals surface area contributed by atoms with E-state index in [-0.39, 0.29) is 11.7 Å². The van der Waals surface area contributed by atoms with Crippen LogP contribution in [-0.4, -0.2) is 24.5 Å². The molecule has 0 bridgehead atoms. The van der Waals surface area contributed by atoms with Crippen molar-refractivity contribution in [2.24, 2.45) is 0 Å². The Morgan fingerprint density at radius 1 is 1.16 bits per heavy atom. The Labute approximate surface area is 144 Å². The average Bonchev–Trinajstić information content (AvgIpc) is 3.00. The molecule has 0 N–H and O–H groups in total. The van der Waals surface area contributed by atoms with Crippen LogP contribution in [0.5, 0.6) is 0 Å². The van der Waals surface area contributed by atoms with Gasteiger partial charge in [-0.25, -0.2) is 21.6 Å². The molecule has 0 radical (unpaired) electrons. The predicted molar refractivity (Wildman–Crippen MR) is 87.8 cm³/mol. The standard InChI is InChI=1S/C17H19F3N2O2S/c1-25(23,24)16-8-7-11(9-13(16)18)15-10-14(17(19)20)21-22(15)12-5-3-2-4-6-12/h7-10,12,17H,2-6H2,1H3. The van der Waals surface area contributed by atoms with Gasteiger partial charge in [0.25, 0.3) is 6.43 Å². The Balaban J connectivity index is 2.08. The fraction of sp³-hybridized carbons (Fsp3) is 0.471. The van der Waals surface area contributed by atoms with Crippen LogP contribution in [0.15, 0.2) is 29.2 Å². The fourth-order valence-electron chi connectivity index (χ4n) is 3.30. The maximum atomic E-state index is 14.2. The number of nitrogens with zero attached hydrogens (tertiary/aromatic N) is 2. The maximum absolute atomic E-state index is 14.2. The zero-order valence-corrected chi connectivity index (χ0v) is 14.6. The van der Waals surface area contributed by atoms with Crippen LogP contribution in [0.4, 0.5) is 13.2 Å². The first-order chi connectivity index (χ1) is 11.8. The van der Waals surface area contributed by atoms with Crippen LogP contribution in [0.3, 0.4) is 0 Å². The van der Waals surface area contributed by atoms with Gasteiger partial charge in [-0.15, -0.1) is 0 Å². The molecule has 0 unspecified atom stereocenters. The summed E-state index contributed by atoms with van der Waals surface area (Å²) in [6, 6.07) is 4.93. The summed E-state index contributed by atoms with van der Waals surface area (Å²) in [4.78, 5) is -0.408. The molecule has 2 aromatic rings. The lowest BCUT2D eigenvalue weighted by molar-refractivity contribution is 0.144. The van der Waals surface area contributed by atoms with Gasteiger partial charge in [-0.2, -0.15) is 5.10 Å². The zero-order valence-electron chi connectivity index (χ0n) is 13.8. The molecule has 0 atom stereocenters. The van der Waals surface area contributed by atoms with Crippen molar-refractivity contribution < 1.29 is 21.6 Å². The molecule has 1 aliphatic rings. The molecule has 1 heterocycles. The summed E-state index contributed by atoms with van der Waals surface area (Å²) in [6.45, 7) is 0. The van der Waals surface area contributed by atoms with Gasteiger partial charge in [0.05, 0.1) is 11.7 Å². The lowest BCUT2D eigenvalue weighted by Crippen LogP contribution is -2.15. The summed E-state index contributed by atoms with van der Waals surface area (Å²) in [6.07, 6.45) is 2.97. The first-order valence-electron chi connectivity index (χ1n) is 8.15. The summed E-state index contributed by atoms with van der Waals surface area (Å²) in [7, 11) is -3.69. The Morgan fingerprint density at radius 2 is 1.84 bits per heavy atom. The Hall–Kier alpha value is -1.83. The van der Waals surface area contributed by atoms with Crippen LogP contribution in [0.1, 0.15) is 50.3 Å². The zero-order chi connectivity index (χ0) is 18.2. The SMILES string of the molecule is CS(=O)(=O)c1ccc(-c2cc(C(F)F)nn2C2CCCCC2)cc1F. The van der Waals surface area contributed by atoms with Gasteiger partial charge >= 0.3 is 0 Å². The van der Waals surface area contributed by atoms with Crippen molar-refractivity contribution in [1.29, 1.82) is 0 Å². The normalized spacial score (nSPS) is 16.5. The van der Waals surface area contributed by atoms with Gasteiger partial charge in [-0.3, -0.25) is 4.68 Å². The number of hydrogen-bond donors (Lipinski definition) is 0. The summed E-state index contributed by atoms with van der Waals surface area (Å²) in [5, 5.41) is 4.04. The molecular weight excluding hydrogens is 353 g/mol. The van der Waals surface area contributed by atoms with Crippen LogP contribution in [0.25, 0.3) is 11.3 Å². The summed E-state index contributed by atoms with van der Waals surface area (Å²) in [5.74, 6) is -0.894. The minimum Gasteiger partial charge on any atom is -0.261 e. The third-order valence-electron chi connectivity index (χ3n) is 4.53. The predicted octanol–water partition coefficient (Wildman–Crippen LogP) is 4.54. The van der Waals surface area contributed by atoms with Gasteiger partial charge < -0.3 is 0 Å². The number of aromatic nitrogens is 2. The lowest BCUT2D eigenvalue weighted by atomic mass is 9.95. The van der Waals surface area contributed by atoms with Gasteiger partial charge in [-0.05, 0) is 31.0 Å². The van der Waals surface area contributed by atoms with E-state index in [1.54, 1.807) is 4.68 Å². The highest BCUT2D eigenvalue weighted by molar-refractivity contribution is 7.90. The van der Waals surface area contributed by atoms with Crippen LogP contribution in [0.2, 0.25) is 0 Å². The molecule has 3 rings (SSSR count). The molecule has 1 aromatic heterocycles. The van der Waals surface area contributed by atoms with Gasteiger partial charge in [0.15, 0.2) is 9.84 Å². The molecule has 0 spiro atoms. The first kappa shape index (κ1) is 18.0. The van der Waals surface area contributed by atoms with Gasteiger partial charge in [0, 0.05) is 11.8 Å².